The zero-order valence-corrected chi connectivity index (χ0v) is 8.51. The maximum Gasteiger partial charge on any atom is 0.00418 e. The maximum atomic E-state index is 5.86. The van der Waals surface area contributed by atoms with E-state index in [0.29, 0.717) is 6.04 Å². The molecule has 0 aliphatic heterocycles. The van der Waals surface area contributed by atoms with E-state index in [1.54, 1.807) is 5.57 Å². The first-order chi connectivity index (χ1) is 5.61. The van der Waals surface area contributed by atoms with Crippen LogP contribution in [0.5, 0.6) is 0 Å². The minimum atomic E-state index is 0.370. The van der Waals surface area contributed by atoms with Gasteiger partial charge < -0.3 is 5.73 Å². The molecule has 0 saturated heterocycles. The van der Waals surface area contributed by atoms with Crippen molar-refractivity contribution in [2.24, 2.45) is 17.6 Å². The number of rotatable bonds is 2. The minimum Gasteiger partial charge on any atom is -0.328 e. The molecule has 0 aromatic carbocycles. The highest BCUT2D eigenvalue weighted by Crippen LogP contribution is 2.28. The zero-order valence-electron chi connectivity index (χ0n) is 8.51. The van der Waals surface area contributed by atoms with Crippen molar-refractivity contribution >= 4 is 0 Å². The predicted molar refractivity (Wildman–Crippen MR) is 53.9 cm³/mol. The molecule has 0 saturated carbocycles. The van der Waals surface area contributed by atoms with Crippen molar-refractivity contribution in [3.63, 3.8) is 0 Å². The monoisotopic (exact) mass is 167 g/mol. The van der Waals surface area contributed by atoms with Crippen LogP contribution >= 0.6 is 0 Å². The summed E-state index contributed by atoms with van der Waals surface area (Å²) in [5.74, 6) is 1.46. The summed E-state index contributed by atoms with van der Waals surface area (Å²) in [4.78, 5) is 0. The van der Waals surface area contributed by atoms with Crippen LogP contribution in [-0.4, -0.2) is 6.04 Å². The summed E-state index contributed by atoms with van der Waals surface area (Å²) in [5.41, 5.74) is 7.49. The van der Waals surface area contributed by atoms with Crippen LogP contribution in [0.4, 0.5) is 0 Å². The zero-order chi connectivity index (χ0) is 9.14. The van der Waals surface area contributed by atoms with Gasteiger partial charge in [-0.2, -0.15) is 0 Å². The standard InChI is InChI=1S/C11H21N/c1-8(2)10-4-6-11(7-5-10)9(3)12/h4,8-9,11H,5-7,12H2,1-3H3. The Morgan fingerprint density at radius 3 is 2.42 bits per heavy atom. The van der Waals surface area contributed by atoms with Gasteiger partial charge in [0.1, 0.15) is 0 Å². The van der Waals surface area contributed by atoms with E-state index in [1.807, 2.05) is 0 Å². The average Bonchev–Trinajstić information content (AvgIpc) is 2.04. The summed E-state index contributed by atoms with van der Waals surface area (Å²) >= 11 is 0. The summed E-state index contributed by atoms with van der Waals surface area (Å²) in [5, 5.41) is 0. The van der Waals surface area contributed by atoms with Crippen molar-refractivity contribution in [2.75, 3.05) is 0 Å². The quantitative estimate of drug-likeness (QED) is 0.629. The Hall–Kier alpha value is -0.300. The summed E-state index contributed by atoms with van der Waals surface area (Å²) in [6.45, 7) is 6.68. The molecule has 1 heteroatoms. The molecule has 0 spiro atoms. The highest BCUT2D eigenvalue weighted by atomic mass is 14.6. The fourth-order valence-electron chi connectivity index (χ4n) is 1.88. The van der Waals surface area contributed by atoms with Crippen molar-refractivity contribution in [3.05, 3.63) is 11.6 Å². The van der Waals surface area contributed by atoms with E-state index in [4.69, 9.17) is 5.73 Å². The first kappa shape index (κ1) is 9.79. The van der Waals surface area contributed by atoms with E-state index in [9.17, 15) is 0 Å². The highest BCUT2D eigenvalue weighted by Gasteiger charge is 2.18. The lowest BCUT2D eigenvalue weighted by Crippen LogP contribution is -2.28. The third-order valence-corrected chi connectivity index (χ3v) is 2.97. The van der Waals surface area contributed by atoms with Gasteiger partial charge >= 0.3 is 0 Å². The van der Waals surface area contributed by atoms with Gasteiger partial charge in [0.15, 0.2) is 0 Å². The van der Waals surface area contributed by atoms with E-state index in [2.05, 4.69) is 26.8 Å². The molecule has 1 rings (SSSR count). The van der Waals surface area contributed by atoms with Crippen molar-refractivity contribution in [3.8, 4) is 0 Å². The van der Waals surface area contributed by atoms with Crippen LogP contribution in [0.25, 0.3) is 0 Å². The molecule has 0 aromatic rings. The smallest absolute Gasteiger partial charge is 0.00418 e. The second-order valence-electron chi connectivity index (χ2n) is 4.33. The van der Waals surface area contributed by atoms with Crippen molar-refractivity contribution in [2.45, 2.75) is 46.1 Å². The van der Waals surface area contributed by atoms with Crippen molar-refractivity contribution in [1.29, 1.82) is 0 Å². The summed E-state index contributed by atoms with van der Waals surface area (Å²) in [6, 6.07) is 0.370. The normalized spacial score (nSPS) is 27.1. The van der Waals surface area contributed by atoms with Crippen LogP contribution in [0.15, 0.2) is 11.6 Å². The molecule has 0 amide bonds. The second kappa shape index (κ2) is 4.08. The van der Waals surface area contributed by atoms with Gasteiger partial charge in [0.05, 0.1) is 0 Å². The minimum absolute atomic E-state index is 0.370. The number of allylic oxidation sites excluding steroid dienone is 2. The molecule has 2 atom stereocenters. The molecule has 0 radical (unpaired) electrons. The van der Waals surface area contributed by atoms with E-state index in [1.165, 1.54) is 19.3 Å². The predicted octanol–water partition coefficient (Wildman–Crippen LogP) is 2.72. The van der Waals surface area contributed by atoms with E-state index < -0.39 is 0 Å². The first-order valence-corrected chi connectivity index (χ1v) is 5.05. The van der Waals surface area contributed by atoms with Crippen LogP contribution in [0.1, 0.15) is 40.0 Å². The highest BCUT2D eigenvalue weighted by molar-refractivity contribution is 5.09. The van der Waals surface area contributed by atoms with Gasteiger partial charge in [-0.15, -0.1) is 0 Å². The van der Waals surface area contributed by atoms with E-state index in [-0.39, 0.29) is 0 Å². The topological polar surface area (TPSA) is 26.0 Å². The van der Waals surface area contributed by atoms with Crippen LogP contribution in [-0.2, 0) is 0 Å². The third-order valence-electron chi connectivity index (χ3n) is 2.97. The Balaban J connectivity index is 2.47. The van der Waals surface area contributed by atoms with E-state index in [0.717, 1.165) is 11.8 Å². The Labute approximate surface area is 76.0 Å². The number of hydrogen-bond acceptors (Lipinski definition) is 1. The Morgan fingerprint density at radius 1 is 1.42 bits per heavy atom. The lowest BCUT2D eigenvalue weighted by molar-refractivity contribution is 0.392. The average molecular weight is 167 g/mol. The lowest BCUT2D eigenvalue weighted by Gasteiger charge is -2.26. The van der Waals surface area contributed by atoms with Crippen molar-refractivity contribution < 1.29 is 0 Å². The largest absolute Gasteiger partial charge is 0.328 e. The van der Waals surface area contributed by atoms with E-state index >= 15 is 0 Å². The molecular weight excluding hydrogens is 146 g/mol. The molecule has 0 fully saturated rings. The molecule has 2 N–H and O–H groups in total. The van der Waals surface area contributed by atoms with Gasteiger partial charge in [-0.1, -0.05) is 25.5 Å². The molecule has 0 aromatic heterocycles. The molecule has 70 valence electrons. The molecular formula is C11H21N. The third kappa shape index (κ3) is 2.34. The molecule has 1 nitrogen and oxygen atoms in total. The molecule has 1 aliphatic rings. The first-order valence-electron chi connectivity index (χ1n) is 5.05. The molecule has 12 heavy (non-hydrogen) atoms. The molecule has 0 heterocycles. The number of hydrogen-bond donors (Lipinski definition) is 1. The molecule has 2 unspecified atom stereocenters. The fourth-order valence-corrected chi connectivity index (χ4v) is 1.88. The maximum absolute atomic E-state index is 5.86. The number of nitrogens with two attached hydrogens (primary N) is 1. The SMILES string of the molecule is CC(C)C1=CCC(C(C)N)CC1. The Morgan fingerprint density at radius 2 is 2.08 bits per heavy atom. The van der Waals surface area contributed by atoms with Gasteiger partial charge in [0.25, 0.3) is 0 Å². The summed E-state index contributed by atoms with van der Waals surface area (Å²) in [7, 11) is 0. The summed E-state index contributed by atoms with van der Waals surface area (Å²) < 4.78 is 0. The fraction of sp³-hybridized carbons (Fsp3) is 0.818. The summed E-state index contributed by atoms with van der Waals surface area (Å²) in [6.07, 6.45) is 6.17. The van der Waals surface area contributed by atoms with Crippen LogP contribution in [0, 0.1) is 11.8 Å². The van der Waals surface area contributed by atoms with Crippen LogP contribution in [0.2, 0.25) is 0 Å². The Kier molecular flexibility index (Phi) is 3.33. The van der Waals surface area contributed by atoms with Gasteiger partial charge in [0, 0.05) is 6.04 Å². The molecule has 0 bridgehead atoms. The van der Waals surface area contributed by atoms with Gasteiger partial charge in [-0.05, 0) is 38.0 Å². The van der Waals surface area contributed by atoms with Gasteiger partial charge in [-0.3, -0.25) is 0 Å². The van der Waals surface area contributed by atoms with Crippen LogP contribution < -0.4 is 5.73 Å². The Bertz CT molecular complexity index is 168. The lowest BCUT2D eigenvalue weighted by atomic mass is 9.82. The van der Waals surface area contributed by atoms with Crippen molar-refractivity contribution in [1.82, 2.24) is 0 Å². The second-order valence-corrected chi connectivity index (χ2v) is 4.33. The van der Waals surface area contributed by atoms with Gasteiger partial charge in [-0.25, -0.2) is 0 Å². The molecule has 1 aliphatic carbocycles. The van der Waals surface area contributed by atoms with Crippen LogP contribution in [0.3, 0.4) is 0 Å². The van der Waals surface area contributed by atoms with Gasteiger partial charge in [0.2, 0.25) is 0 Å².